The summed E-state index contributed by atoms with van der Waals surface area (Å²) in [5.41, 5.74) is 3.38. The molecule has 2 amide bonds. The van der Waals surface area contributed by atoms with E-state index in [-0.39, 0.29) is 36.5 Å². The van der Waals surface area contributed by atoms with Crippen LogP contribution in [-0.2, 0) is 16.1 Å². The Balaban J connectivity index is 1.51. The van der Waals surface area contributed by atoms with Crippen molar-refractivity contribution in [3.63, 3.8) is 0 Å². The Morgan fingerprint density at radius 2 is 1.74 bits per heavy atom. The normalized spacial score (nSPS) is 12.5. The van der Waals surface area contributed by atoms with Crippen LogP contribution < -0.4 is 19.5 Å². The van der Waals surface area contributed by atoms with Crippen LogP contribution in [0.1, 0.15) is 28.6 Å². The monoisotopic (exact) mass is 586 g/mol. The van der Waals surface area contributed by atoms with Gasteiger partial charge in [-0.2, -0.15) is 0 Å². The number of aromatic hydroxyl groups is 1. The number of hydrogen-bond acceptors (Lipinski definition) is 9. The van der Waals surface area contributed by atoms with Crippen molar-refractivity contribution < 1.29 is 28.9 Å². The third kappa shape index (κ3) is 6.74. The van der Waals surface area contributed by atoms with E-state index in [9.17, 15) is 14.7 Å². The van der Waals surface area contributed by atoms with E-state index >= 15 is 0 Å². The highest BCUT2D eigenvalue weighted by Crippen LogP contribution is 2.36. The minimum Gasteiger partial charge on any atom is -0.504 e. The predicted molar refractivity (Wildman–Crippen MR) is 158 cm³/mol. The average Bonchev–Trinajstić information content (AvgIpc) is 3.44. The number of nitrogens with zero attached hydrogens (tertiary/aromatic N) is 3. The van der Waals surface area contributed by atoms with Gasteiger partial charge >= 0.3 is 0 Å². The molecule has 42 heavy (non-hydrogen) atoms. The second-order valence-electron chi connectivity index (χ2n) is 9.62. The average molecular weight is 587 g/mol. The van der Waals surface area contributed by atoms with E-state index in [4.69, 9.17) is 14.2 Å². The number of aromatic nitrogens is 2. The molecule has 216 valence electrons. The molecule has 5 rings (SSSR count). The number of amides is 2. The molecule has 1 atom stereocenters. The first kappa shape index (κ1) is 28.7. The van der Waals surface area contributed by atoms with E-state index in [0.717, 1.165) is 17.0 Å². The van der Waals surface area contributed by atoms with E-state index in [1.165, 1.54) is 29.8 Å². The fourth-order valence-corrected chi connectivity index (χ4v) is 5.43. The zero-order valence-electron chi connectivity index (χ0n) is 23.4. The molecule has 0 bridgehead atoms. The van der Waals surface area contributed by atoms with Crippen molar-refractivity contribution in [3.8, 4) is 23.0 Å². The van der Waals surface area contributed by atoms with Crippen molar-refractivity contribution in [2.45, 2.75) is 31.6 Å². The van der Waals surface area contributed by atoms with E-state index in [1.54, 1.807) is 30.3 Å². The maximum atomic E-state index is 14.1. The van der Waals surface area contributed by atoms with Gasteiger partial charge in [-0.1, -0.05) is 48.2 Å². The summed E-state index contributed by atoms with van der Waals surface area (Å²) in [5.74, 6) is 0.428. The smallest absolute Gasteiger partial charge is 0.251 e. The second kappa shape index (κ2) is 12.8. The summed E-state index contributed by atoms with van der Waals surface area (Å²) >= 11 is 1.21. The van der Waals surface area contributed by atoms with Crippen LogP contribution in [0.3, 0.4) is 0 Å². The van der Waals surface area contributed by atoms with Gasteiger partial charge in [0.2, 0.25) is 12.7 Å². The van der Waals surface area contributed by atoms with Crippen molar-refractivity contribution in [3.05, 3.63) is 95.3 Å². The highest BCUT2D eigenvalue weighted by Gasteiger charge is 2.33. The van der Waals surface area contributed by atoms with Gasteiger partial charge in [-0.25, -0.2) is 9.97 Å². The summed E-state index contributed by atoms with van der Waals surface area (Å²) in [6.07, 6.45) is 0. The van der Waals surface area contributed by atoms with Crippen molar-refractivity contribution in [2.75, 3.05) is 25.0 Å². The van der Waals surface area contributed by atoms with Gasteiger partial charge in [-0.15, -0.1) is 0 Å². The van der Waals surface area contributed by atoms with Gasteiger partial charge in [0.25, 0.3) is 5.91 Å². The summed E-state index contributed by atoms with van der Waals surface area (Å²) in [6, 6.07) is 19.9. The predicted octanol–water partition coefficient (Wildman–Crippen LogP) is 5.04. The lowest BCUT2D eigenvalue weighted by Gasteiger charge is -2.32. The lowest BCUT2D eigenvalue weighted by atomic mass is 10.0. The van der Waals surface area contributed by atoms with Gasteiger partial charge in [-0.05, 0) is 55.3 Å². The summed E-state index contributed by atoms with van der Waals surface area (Å²) in [5, 5.41) is 13.7. The standard InChI is InChI=1S/C31H30N4O6S/c1-19-13-20(2)33-31(32-19)42-17-28(37)35(16-21-7-5-4-6-8-21)29(22-9-11-24(36)26(14-22)39-3)30(38)34-23-10-12-25-27(15-23)41-18-40-25/h4-15,29,36H,16-18H2,1-3H3,(H,34,38)/t29-/m1/s1. The summed E-state index contributed by atoms with van der Waals surface area (Å²) in [7, 11) is 1.42. The molecule has 0 aliphatic carbocycles. The summed E-state index contributed by atoms with van der Waals surface area (Å²) in [6.45, 7) is 3.99. The quantitative estimate of drug-likeness (QED) is 0.194. The van der Waals surface area contributed by atoms with Crippen LogP contribution >= 0.6 is 11.8 Å². The molecule has 1 aliphatic rings. The van der Waals surface area contributed by atoms with Gasteiger partial charge in [-0.3, -0.25) is 9.59 Å². The fourth-order valence-electron chi connectivity index (χ4n) is 4.59. The molecule has 4 aromatic rings. The van der Waals surface area contributed by atoms with Crippen molar-refractivity contribution in [2.24, 2.45) is 0 Å². The van der Waals surface area contributed by atoms with Crippen LogP contribution in [0, 0.1) is 13.8 Å². The number of nitrogens with one attached hydrogen (secondary N) is 1. The number of thioether (sulfide) groups is 1. The van der Waals surface area contributed by atoms with Gasteiger partial charge in [0.15, 0.2) is 28.2 Å². The number of rotatable bonds is 10. The number of carbonyl (C=O) groups is 2. The molecule has 3 aromatic carbocycles. The Morgan fingerprint density at radius 3 is 2.48 bits per heavy atom. The van der Waals surface area contributed by atoms with Crippen molar-refractivity contribution in [1.82, 2.24) is 14.9 Å². The molecule has 2 N–H and O–H groups in total. The van der Waals surface area contributed by atoms with Gasteiger partial charge in [0, 0.05) is 29.7 Å². The molecule has 0 unspecified atom stereocenters. The van der Waals surface area contributed by atoms with E-state index in [1.807, 2.05) is 50.2 Å². The molecule has 0 fully saturated rings. The first-order chi connectivity index (χ1) is 20.3. The number of hydrogen-bond donors (Lipinski definition) is 2. The highest BCUT2D eigenvalue weighted by atomic mass is 32.2. The van der Waals surface area contributed by atoms with Gasteiger partial charge in [0.1, 0.15) is 6.04 Å². The molecular formula is C31H30N4O6S. The Hall–Kier alpha value is -4.77. The zero-order chi connectivity index (χ0) is 29.6. The molecule has 0 saturated carbocycles. The maximum Gasteiger partial charge on any atom is 0.251 e. The lowest BCUT2D eigenvalue weighted by molar-refractivity contribution is -0.137. The van der Waals surface area contributed by atoms with Crippen LogP contribution in [0.4, 0.5) is 5.69 Å². The molecule has 11 heteroatoms. The SMILES string of the molecule is COc1cc([C@H](C(=O)Nc2ccc3c(c2)OCO3)N(Cc2ccccc2)C(=O)CSc2nc(C)cc(C)n2)ccc1O. The Bertz CT molecular complexity index is 1580. The zero-order valence-corrected chi connectivity index (χ0v) is 24.2. The molecule has 0 spiro atoms. The van der Waals surface area contributed by atoms with E-state index in [0.29, 0.717) is 27.9 Å². The number of aryl methyl sites for hydroxylation is 2. The number of fused-ring (bicyclic) bond motifs is 1. The molecule has 1 aromatic heterocycles. The van der Waals surface area contributed by atoms with E-state index < -0.39 is 11.9 Å². The number of carbonyl (C=O) groups excluding carboxylic acids is 2. The number of phenols is 1. The van der Waals surface area contributed by atoms with Crippen molar-refractivity contribution in [1.29, 1.82) is 0 Å². The lowest BCUT2D eigenvalue weighted by Crippen LogP contribution is -2.41. The van der Waals surface area contributed by atoms with Crippen LogP contribution in [0.5, 0.6) is 23.0 Å². The number of anilines is 1. The van der Waals surface area contributed by atoms with Crippen LogP contribution in [0.2, 0.25) is 0 Å². The molecule has 0 saturated heterocycles. The molecule has 10 nitrogen and oxygen atoms in total. The largest absolute Gasteiger partial charge is 0.504 e. The Labute approximate surface area is 247 Å². The molecule has 2 heterocycles. The first-order valence-corrected chi connectivity index (χ1v) is 14.1. The minimum absolute atomic E-state index is 0.00124. The van der Waals surface area contributed by atoms with E-state index in [2.05, 4.69) is 15.3 Å². The number of phenolic OH excluding ortho intramolecular Hbond substituents is 1. The maximum absolute atomic E-state index is 14.1. The third-order valence-corrected chi connectivity index (χ3v) is 7.35. The topological polar surface area (TPSA) is 123 Å². The van der Waals surface area contributed by atoms with Gasteiger partial charge < -0.3 is 29.5 Å². The summed E-state index contributed by atoms with van der Waals surface area (Å²) in [4.78, 5) is 38.5. The second-order valence-corrected chi connectivity index (χ2v) is 10.6. The number of methoxy groups -OCH3 is 1. The van der Waals surface area contributed by atoms with Crippen LogP contribution in [-0.4, -0.2) is 51.4 Å². The van der Waals surface area contributed by atoms with Crippen LogP contribution in [0.25, 0.3) is 0 Å². The number of benzene rings is 3. The first-order valence-electron chi connectivity index (χ1n) is 13.2. The number of ether oxygens (including phenoxy) is 3. The van der Waals surface area contributed by atoms with Crippen LogP contribution in [0.15, 0.2) is 78.0 Å². The highest BCUT2D eigenvalue weighted by molar-refractivity contribution is 7.99. The Kier molecular flexibility index (Phi) is 8.77. The molecular weight excluding hydrogens is 556 g/mol. The van der Waals surface area contributed by atoms with Gasteiger partial charge in [0.05, 0.1) is 12.9 Å². The minimum atomic E-state index is -1.08. The van der Waals surface area contributed by atoms with Crippen molar-refractivity contribution >= 4 is 29.3 Å². The fraction of sp³-hybridized carbons (Fsp3) is 0.226. The molecule has 0 radical (unpaired) electrons. The third-order valence-electron chi connectivity index (χ3n) is 6.52. The molecule has 1 aliphatic heterocycles. The Morgan fingerprint density at radius 1 is 1.00 bits per heavy atom. The summed E-state index contributed by atoms with van der Waals surface area (Å²) < 4.78 is 16.2.